The van der Waals surface area contributed by atoms with Crippen LogP contribution in [0.5, 0.6) is 0 Å². The molecule has 1 N–H and O–H groups in total. The Kier molecular flexibility index (Phi) is 5.39. The van der Waals surface area contributed by atoms with Crippen LogP contribution in [0.4, 0.5) is 0 Å². The number of amides is 1. The first kappa shape index (κ1) is 20.3. The molecule has 4 heterocycles. The Morgan fingerprint density at radius 2 is 2.10 bits per heavy atom. The summed E-state index contributed by atoms with van der Waals surface area (Å²) in [6, 6.07) is 0. The van der Waals surface area contributed by atoms with Crippen LogP contribution in [-0.2, 0) is 40.4 Å². The molecule has 0 unspecified atom stereocenters. The van der Waals surface area contributed by atoms with Crippen molar-refractivity contribution in [3.05, 3.63) is 31.3 Å². The van der Waals surface area contributed by atoms with Crippen LogP contribution in [0.3, 0.4) is 0 Å². The summed E-state index contributed by atoms with van der Waals surface area (Å²) in [5.41, 5.74) is -0.264. The fourth-order valence-corrected chi connectivity index (χ4v) is 5.33. The molecule has 158 valence electrons. The van der Waals surface area contributed by atoms with Crippen molar-refractivity contribution in [2.24, 2.45) is 0 Å². The van der Waals surface area contributed by atoms with Gasteiger partial charge in [0.1, 0.15) is 11.4 Å². The molecule has 1 saturated heterocycles. The third kappa shape index (κ3) is 3.78. The number of ether oxygens (including phenoxy) is 2. The van der Waals surface area contributed by atoms with E-state index < -0.39 is 11.2 Å². The number of thiophene rings is 1. The standard InChI is InChI=1S/C20H27N3O5S/c1-4-22-18-16(13-8-20(2,3)28-11-14(13)29-18)17(25)23(19(22)26)10-15(24)21-9-12-6-5-7-27-12/h12H,4-11H2,1-3H3,(H,21,24)/t12-/m0/s1. The van der Waals surface area contributed by atoms with Gasteiger partial charge in [0.15, 0.2) is 0 Å². The molecule has 0 aromatic carbocycles. The molecule has 0 aliphatic carbocycles. The van der Waals surface area contributed by atoms with Crippen molar-refractivity contribution in [1.29, 1.82) is 0 Å². The summed E-state index contributed by atoms with van der Waals surface area (Å²) in [5, 5.41) is 3.34. The topological polar surface area (TPSA) is 91.6 Å². The van der Waals surface area contributed by atoms with E-state index in [1.54, 1.807) is 4.57 Å². The average Bonchev–Trinajstić information content (AvgIpc) is 3.30. The van der Waals surface area contributed by atoms with Crippen LogP contribution in [0.1, 0.15) is 44.1 Å². The molecular formula is C20H27N3O5S. The Balaban J connectivity index is 1.71. The molecule has 0 radical (unpaired) electrons. The van der Waals surface area contributed by atoms with E-state index in [4.69, 9.17) is 9.47 Å². The number of nitrogens with zero attached hydrogens (tertiary/aromatic N) is 2. The lowest BCUT2D eigenvalue weighted by atomic mass is 9.94. The number of aromatic nitrogens is 2. The van der Waals surface area contributed by atoms with E-state index in [2.05, 4.69) is 5.32 Å². The van der Waals surface area contributed by atoms with Crippen molar-refractivity contribution >= 4 is 27.5 Å². The van der Waals surface area contributed by atoms with Gasteiger partial charge in [0.05, 0.1) is 23.7 Å². The molecule has 2 aromatic heterocycles. The summed E-state index contributed by atoms with van der Waals surface area (Å²) in [6.45, 7) is 7.53. The smallest absolute Gasteiger partial charge is 0.332 e. The molecule has 2 aliphatic heterocycles. The van der Waals surface area contributed by atoms with Gasteiger partial charge in [-0.3, -0.25) is 18.7 Å². The van der Waals surface area contributed by atoms with Crippen LogP contribution in [0.15, 0.2) is 9.59 Å². The number of aryl methyl sites for hydroxylation is 1. The number of hydrogen-bond acceptors (Lipinski definition) is 6. The van der Waals surface area contributed by atoms with Crippen molar-refractivity contribution < 1.29 is 14.3 Å². The van der Waals surface area contributed by atoms with Gasteiger partial charge >= 0.3 is 5.69 Å². The van der Waals surface area contributed by atoms with Crippen LogP contribution in [0.2, 0.25) is 0 Å². The van der Waals surface area contributed by atoms with E-state index in [9.17, 15) is 14.4 Å². The zero-order valence-corrected chi connectivity index (χ0v) is 17.9. The van der Waals surface area contributed by atoms with Crippen LogP contribution in [-0.4, -0.2) is 39.9 Å². The first-order valence-corrected chi connectivity index (χ1v) is 10.9. The van der Waals surface area contributed by atoms with Crippen molar-refractivity contribution in [2.45, 2.75) is 71.4 Å². The van der Waals surface area contributed by atoms with Gasteiger partial charge in [-0.25, -0.2) is 4.79 Å². The number of hydrogen-bond donors (Lipinski definition) is 1. The summed E-state index contributed by atoms with van der Waals surface area (Å²) < 4.78 is 14.0. The van der Waals surface area contributed by atoms with Crippen molar-refractivity contribution in [1.82, 2.24) is 14.5 Å². The van der Waals surface area contributed by atoms with E-state index >= 15 is 0 Å². The van der Waals surface area contributed by atoms with E-state index in [1.165, 1.54) is 11.3 Å². The van der Waals surface area contributed by atoms with Crippen LogP contribution >= 0.6 is 11.3 Å². The van der Waals surface area contributed by atoms with Crippen LogP contribution in [0.25, 0.3) is 10.2 Å². The minimum atomic E-state index is -0.448. The monoisotopic (exact) mass is 421 g/mol. The lowest BCUT2D eigenvalue weighted by Crippen LogP contribution is -2.44. The molecule has 2 aromatic rings. The van der Waals surface area contributed by atoms with Gasteiger partial charge in [-0.15, -0.1) is 11.3 Å². The molecule has 2 aliphatic rings. The second-order valence-corrected chi connectivity index (χ2v) is 9.35. The van der Waals surface area contributed by atoms with Gasteiger partial charge in [-0.1, -0.05) is 0 Å². The molecule has 8 nitrogen and oxygen atoms in total. The predicted octanol–water partition coefficient (Wildman–Crippen LogP) is 1.39. The summed E-state index contributed by atoms with van der Waals surface area (Å²) >= 11 is 1.44. The molecule has 0 saturated carbocycles. The van der Waals surface area contributed by atoms with E-state index in [0.29, 0.717) is 42.9 Å². The number of rotatable bonds is 5. The Morgan fingerprint density at radius 3 is 2.79 bits per heavy atom. The molecule has 1 amide bonds. The lowest BCUT2D eigenvalue weighted by Gasteiger charge is -2.29. The van der Waals surface area contributed by atoms with Gasteiger partial charge in [0.25, 0.3) is 5.56 Å². The normalized spacial score (nSPS) is 20.7. The molecule has 4 rings (SSSR count). The van der Waals surface area contributed by atoms with Crippen LogP contribution in [0, 0.1) is 0 Å². The summed E-state index contributed by atoms with van der Waals surface area (Å²) in [4.78, 5) is 40.3. The quantitative estimate of drug-likeness (QED) is 0.788. The molecule has 9 heteroatoms. The zero-order chi connectivity index (χ0) is 20.8. The highest BCUT2D eigenvalue weighted by Crippen LogP contribution is 2.37. The average molecular weight is 422 g/mol. The summed E-state index contributed by atoms with van der Waals surface area (Å²) in [7, 11) is 0. The molecular weight excluding hydrogens is 394 g/mol. The fraction of sp³-hybridized carbons (Fsp3) is 0.650. The molecule has 0 bridgehead atoms. The Morgan fingerprint density at radius 1 is 1.31 bits per heavy atom. The highest BCUT2D eigenvalue weighted by Gasteiger charge is 2.32. The Hall–Kier alpha value is -1.97. The zero-order valence-electron chi connectivity index (χ0n) is 17.1. The Labute approximate surface area is 172 Å². The number of nitrogens with one attached hydrogen (secondary N) is 1. The number of carbonyl (C=O) groups excluding carboxylic acids is 1. The largest absolute Gasteiger partial charge is 0.376 e. The minimum absolute atomic E-state index is 0.0107. The summed E-state index contributed by atoms with van der Waals surface area (Å²) in [6.07, 6.45) is 2.51. The molecule has 1 atom stereocenters. The SMILES string of the molecule is CCn1c(=O)n(CC(=O)NC[C@@H]2CCCO2)c(=O)c2c3c(sc21)COC(C)(C)C3. The molecule has 1 fully saturated rings. The van der Waals surface area contributed by atoms with Crippen LogP contribution < -0.4 is 16.6 Å². The maximum Gasteiger partial charge on any atom is 0.332 e. The maximum absolute atomic E-state index is 13.3. The second-order valence-electron chi connectivity index (χ2n) is 8.27. The number of fused-ring (bicyclic) bond motifs is 3. The van der Waals surface area contributed by atoms with E-state index in [0.717, 1.165) is 27.8 Å². The first-order chi connectivity index (χ1) is 13.8. The first-order valence-electron chi connectivity index (χ1n) is 10.1. The molecule has 0 spiro atoms. The highest BCUT2D eigenvalue weighted by molar-refractivity contribution is 7.18. The Bertz CT molecular complexity index is 1060. The predicted molar refractivity (Wildman–Crippen MR) is 111 cm³/mol. The molecule has 29 heavy (non-hydrogen) atoms. The van der Waals surface area contributed by atoms with Gasteiger partial charge in [0.2, 0.25) is 5.91 Å². The highest BCUT2D eigenvalue weighted by atomic mass is 32.1. The van der Waals surface area contributed by atoms with Gasteiger partial charge in [-0.05, 0) is 39.2 Å². The van der Waals surface area contributed by atoms with Gasteiger partial charge in [-0.2, -0.15) is 0 Å². The second kappa shape index (κ2) is 7.70. The van der Waals surface area contributed by atoms with Crippen molar-refractivity contribution in [3.8, 4) is 0 Å². The van der Waals surface area contributed by atoms with E-state index in [-0.39, 0.29) is 24.2 Å². The van der Waals surface area contributed by atoms with Gasteiger partial charge in [0, 0.05) is 31.0 Å². The minimum Gasteiger partial charge on any atom is -0.376 e. The third-order valence-electron chi connectivity index (χ3n) is 5.60. The third-order valence-corrected chi connectivity index (χ3v) is 6.83. The number of carbonyl (C=O) groups is 1. The van der Waals surface area contributed by atoms with Gasteiger partial charge < -0.3 is 14.8 Å². The van der Waals surface area contributed by atoms with Crippen molar-refractivity contribution in [2.75, 3.05) is 13.2 Å². The van der Waals surface area contributed by atoms with E-state index in [1.807, 2.05) is 20.8 Å². The fourth-order valence-electron chi connectivity index (χ4n) is 4.05. The lowest BCUT2D eigenvalue weighted by molar-refractivity contribution is -0.122. The summed E-state index contributed by atoms with van der Waals surface area (Å²) in [5.74, 6) is -0.352. The maximum atomic E-state index is 13.3. The van der Waals surface area contributed by atoms with Crippen molar-refractivity contribution in [3.63, 3.8) is 0 Å².